The van der Waals surface area contributed by atoms with Gasteiger partial charge >= 0.3 is 5.97 Å². The van der Waals surface area contributed by atoms with Gasteiger partial charge in [-0.1, -0.05) is 0 Å². The van der Waals surface area contributed by atoms with Crippen LogP contribution in [0, 0.1) is 0 Å². The van der Waals surface area contributed by atoms with Crippen molar-refractivity contribution in [2.24, 2.45) is 0 Å². The second-order valence-electron chi connectivity index (χ2n) is 5.44. The van der Waals surface area contributed by atoms with Gasteiger partial charge in [-0.25, -0.2) is 27.9 Å². The Kier molecular flexibility index (Phi) is 6.36. The fourth-order valence-electron chi connectivity index (χ4n) is 2.19. The van der Waals surface area contributed by atoms with E-state index in [4.69, 9.17) is 17.0 Å². The van der Waals surface area contributed by atoms with Crippen molar-refractivity contribution >= 4 is 62.0 Å². The van der Waals surface area contributed by atoms with E-state index in [0.717, 1.165) is 0 Å². The molecule has 0 spiro atoms. The zero-order chi connectivity index (χ0) is 20.9. The molecule has 0 fully saturated rings. The van der Waals surface area contributed by atoms with Crippen molar-refractivity contribution in [3.63, 3.8) is 0 Å². The third kappa shape index (κ3) is 5.25. The summed E-state index contributed by atoms with van der Waals surface area (Å²) < 4.78 is 31.8. The summed E-state index contributed by atoms with van der Waals surface area (Å²) in [7, 11) is -2.52. The molecule has 29 heavy (non-hydrogen) atoms. The number of carbonyl (C=O) groups is 1. The number of anilines is 3. The van der Waals surface area contributed by atoms with E-state index in [-0.39, 0.29) is 16.0 Å². The molecule has 0 aliphatic heterocycles. The minimum absolute atomic E-state index is 0.0164. The molecular weight excluding hydrogens is 434 g/mol. The predicted octanol–water partition coefficient (Wildman–Crippen LogP) is 2.93. The van der Waals surface area contributed by atoms with Gasteiger partial charge in [0.2, 0.25) is 5.95 Å². The fraction of sp³-hybridized carbons (Fsp3) is 0.0588. The lowest BCUT2D eigenvalue weighted by Crippen LogP contribution is -2.20. The molecule has 0 aliphatic rings. The van der Waals surface area contributed by atoms with E-state index < -0.39 is 16.0 Å². The summed E-state index contributed by atoms with van der Waals surface area (Å²) in [6, 6.07) is 9.24. The average molecular weight is 450 g/mol. The van der Waals surface area contributed by atoms with Crippen LogP contribution < -0.4 is 15.4 Å². The van der Waals surface area contributed by atoms with Crippen LogP contribution in [-0.4, -0.2) is 36.6 Å². The van der Waals surface area contributed by atoms with Crippen molar-refractivity contribution < 1.29 is 17.9 Å². The molecule has 0 atom stereocenters. The van der Waals surface area contributed by atoms with E-state index in [2.05, 4.69) is 25.3 Å². The Morgan fingerprint density at radius 2 is 1.79 bits per heavy atom. The van der Waals surface area contributed by atoms with E-state index in [1.807, 2.05) is 0 Å². The summed E-state index contributed by atoms with van der Waals surface area (Å²) in [5.41, 5.74) is 1.08. The van der Waals surface area contributed by atoms with E-state index in [1.54, 1.807) is 29.6 Å². The van der Waals surface area contributed by atoms with Gasteiger partial charge in [-0.2, -0.15) is 0 Å². The summed E-state index contributed by atoms with van der Waals surface area (Å²) >= 11 is 6.47. The van der Waals surface area contributed by atoms with Crippen LogP contribution in [0.25, 0.3) is 0 Å². The number of methoxy groups -OCH3 is 1. The SMILES string of the molecule is COC(=O)c1sccc1NC(=S)Nc1ccc(S(=O)(=O)Nc2ncccn2)cc1. The predicted molar refractivity (Wildman–Crippen MR) is 115 cm³/mol. The first kappa shape index (κ1) is 20.6. The van der Waals surface area contributed by atoms with Gasteiger partial charge in [-0.15, -0.1) is 11.3 Å². The second-order valence-corrected chi connectivity index (χ2v) is 8.44. The smallest absolute Gasteiger partial charge is 0.350 e. The lowest BCUT2D eigenvalue weighted by Gasteiger charge is -2.11. The standard InChI is InChI=1S/C17H15N5O4S3/c1-26-15(23)14-13(7-10-28-14)21-17(27)20-11-3-5-12(6-4-11)29(24,25)22-16-18-8-2-9-19-16/h2-10H,1H3,(H,18,19,22)(H2,20,21,27). The lowest BCUT2D eigenvalue weighted by molar-refractivity contribution is 0.0607. The van der Waals surface area contributed by atoms with Gasteiger partial charge in [0.25, 0.3) is 10.0 Å². The number of aromatic nitrogens is 2. The number of hydrogen-bond acceptors (Lipinski definition) is 8. The summed E-state index contributed by atoms with van der Waals surface area (Å²) in [6.07, 6.45) is 2.87. The van der Waals surface area contributed by atoms with Crippen molar-refractivity contribution in [1.82, 2.24) is 9.97 Å². The Bertz CT molecular complexity index is 1120. The largest absolute Gasteiger partial charge is 0.465 e. The first-order valence-corrected chi connectivity index (χ1v) is 10.8. The third-order valence-electron chi connectivity index (χ3n) is 3.50. The van der Waals surface area contributed by atoms with Crippen LogP contribution in [0.3, 0.4) is 0 Å². The second kappa shape index (κ2) is 8.94. The molecular formula is C17H15N5O4S3. The number of ether oxygens (including phenoxy) is 1. The van der Waals surface area contributed by atoms with Gasteiger partial charge < -0.3 is 15.4 Å². The maximum absolute atomic E-state index is 12.4. The molecule has 0 unspecified atom stereocenters. The number of carbonyl (C=O) groups excluding carboxylic acids is 1. The molecule has 3 rings (SSSR count). The zero-order valence-corrected chi connectivity index (χ0v) is 17.4. The van der Waals surface area contributed by atoms with E-state index in [9.17, 15) is 13.2 Å². The molecule has 3 aromatic rings. The average Bonchev–Trinajstić information content (AvgIpc) is 3.16. The highest BCUT2D eigenvalue weighted by molar-refractivity contribution is 7.92. The van der Waals surface area contributed by atoms with E-state index in [0.29, 0.717) is 16.3 Å². The molecule has 9 nitrogen and oxygen atoms in total. The number of rotatable bonds is 6. The molecule has 0 saturated carbocycles. The summed E-state index contributed by atoms with van der Waals surface area (Å²) in [5, 5.41) is 7.81. The minimum Gasteiger partial charge on any atom is -0.465 e. The number of esters is 1. The Labute approximate surface area is 176 Å². The van der Waals surface area contributed by atoms with Gasteiger partial charge in [0.15, 0.2) is 5.11 Å². The van der Waals surface area contributed by atoms with Gasteiger partial charge in [-0.05, 0) is 54.0 Å². The molecule has 3 N–H and O–H groups in total. The summed E-state index contributed by atoms with van der Waals surface area (Å²) in [6.45, 7) is 0. The monoisotopic (exact) mass is 449 g/mol. The van der Waals surface area contributed by atoms with Crippen LogP contribution in [0.2, 0.25) is 0 Å². The number of sulfonamides is 1. The molecule has 0 bridgehead atoms. The van der Waals surface area contributed by atoms with Crippen LogP contribution in [-0.2, 0) is 14.8 Å². The summed E-state index contributed by atoms with van der Waals surface area (Å²) in [5.74, 6) is -0.480. The Morgan fingerprint density at radius 1 is 1.10 bits per heavy atom. The van der Waals surface area contributed by atoms with Crippen LogP contribution >= 0.6 is 23.6 Å². The van der Waals surface area contributed by atoms with Gasteiger partial charge in [0, 0.05) is 18.1 Å². The quantitative estimate of drug-likeness (QED) is 0.385. The van der Waals surface area contributed by atoms with Crippen molar-refractivity contribution in [1.29, 1.82) is 0 Å². The number of nitrogens with one attached hydrogen (secondary N) is 3. The van der Waals surface area contributed by atoms with Crippen molar-refractivity contribution in [2.75, 3.05) is 22.5 Å². The van der Waals surface area contributed by atoms with Crippen molar-refractivity contribution in [3.05, 3.63) is 59.0 Å². The molecule has 1 aromatic carbocycles. The number of thiophene rings is 1. The maximum Gasteiger partial charge on any atom is 0.350 e. The summed E-state index contributed by atoms with van der Waals surface area (Å²) in [4.78, 5) is 19.8. The Hall–Kier alpha value is -3.09. The Balaban J connectivity index is 1.65. The van der Waals surface area contributed by atoms with Crippen LogP contribution in [0.15, 0.2) is 59.1 Å². The van der Waals surface area contributed by atoms with Crippen molar-refractivity contribution in [2.45, 2.75) is 4.90 Å². The third-order valence-corrected chi connectivity index (χ3v) is 5.94. The molecule has 0 amide bonds. The number of hydrogen-bond donors (Lipinski definition) is 3. The maximum atomic E-state index is 12.4. The number of benzene rings is 1. The van der Waals surface area contributed by atoms with Gasteiger partial charge in [0.1, 0.15) is 4.88 Å². The highest BCUT2D eigenvalue weighted by Gasteiger charge is 2.16. The minimum atomic E-state index is -3.82. The highest BCUT2D eigenvalue weighted by Crippen LogP contribution is 2.23. The molecule has 150 valence electrons. The highest BCUT2D eigenvalue weighted by atomic mass is 32.2. The Morgan fingerprint density at radius 3 is 2.45 bits per heavy atom. The molecule has 0 radical (unpaired) electrons. The number of thiocarbonyl (C=S) groups is 1. The molecule has 0 saturated heterocycles. The molecule has 12 heteroatoms. The molecule has 2 heterocycles. The van der Waals surface area contributed by atoms with Crippen LogP contribution in [0.5, 0.6) is 0 Å². The van der Waals surface area contributed by atoms with Gasteiger partial charge in [-0.3, -0.25) is 0 Å². The first-order chi connectivity index (χ1) is 13.9. The zero-order valence-electron chi connectivity index (χ0n) is 14.9. The topological polar surface area (TPSA) is 122 Å². The van der Waals surface area contributed by atoms with E-state index >= 15 is 0 Å². The van der Waals surface area contributed by atoms with E-state index in [1.165, 1.54) is 43.0 Å². The van der Waals surface area contributed by atoms with Crippen molar-refractivity contribution in [3.8, 4) is 0 Å². The van der Waals surface area contributed by atoms with Crippen LogP contribution in [0.1, 0.15) is 9.67 Å². The van der Waals surface area contributed by atoms with Crippen LogP contribution in [0.4, 0.5) is 17.3 Å². The normalized spacial score (nSPS) is 10.8. The first-order valence-electron chi connectivity index (χ1n) is 8.03. The van der Waals surface area contributed by atoms with Gasteiger partial charge in [0.05, 0.1) is 17.7 Å². The molecule has 2 aromatic heterocycles. The lowest BCUT2D eigenvalue weighted by atomic mass is 10.3. The fourth-order valence-corrected chi connectivity index (χ4v) is 4.14. The number of nitrogens with zero attached hydrogens (tertiary/aromatic N) is 2. The molecule has 0 aliphatic carbocycles.